The number of halogens is 8. The van der Waals surface area contributed by atoms with Gasteiger partial charge in [-0.1, -0.05) is 12.1 Å². The molecule has 1 amide bonds. The molecule has 0 bridgehead atoms. The minimum absolute atomic E-state index is 0.108. The Morgan fingerprint density at radius 3 is 1.88 bits per heavy atom. The Balaban J connectivity index is 3.94. The molecule has 0 saturated heterocycles. The highest BCUT2D eigenvalue weighted by Gasteiger charge is 2.52. The predicted molar refractivity (Wildman–Crippen MR) is 70.4 cm³/mol. The molecule has 0 aliphatic heterocycles. The van der Waals surface area contributed by atoms with Crippen LogP contribution in [-0.2, 0) is 16.6 Å². The van der Waals surface area contributed by atoms with E-state index in [1.54, 1.807) is 0 Å². The van der Waals surface area contributed by atoms with E-state index < -0.39 is 60.0 Å². The fourth-order valence-corrected chi connectivity index (χ4v) is 2.00. The number of alkyl halides is 8. The lowest BCUT2D eigenvalue weighted by molar-refractivity contribution is -0.138. The molecule has 0 saturated carbocycles. The number of amides is 1. The van der Waals surface area contributed by atoms with Crippen LogP contribution in [0.1, 0.15) is 18.1 Å². The average molecular weight is 379 g/mol. The van der Waals surface area contributed by atoms with Gasteiger partial charge in [0.25, 0.3) is 0 Å². The predicted octanol–water partition coefficient (Wildman–Crippen LogP) is 2.04. The SMILES string of the molecule is CC(=O)Nc1c(C(F)(F)C(F)F)ccc(B(O)O)c1C(F)(F)C(F)F. The van der Waals surface area contributed by atoms with Crippen molar-refractivity contribution in [1.82, 2.24) is 0 Å². The van der Waals surface area contributed by atoms with Crippen LogP contribution in [0.3, 0.4) is 0 Å². The van der Waals surface area contributed by atoms with Gasteiger partial charge < -0.3 is 15.4 Å². The Morgan fingerprint density at radius 1 is 1.04 bits per heavy atom. The molecular weight excluding hydrogens is 369 g/mol. The minimum atomic E-state index is -5.26. The van der Waals surface area contributed by atoms with E-state index in [4.69, 9.17) is 10.0 Å². The number of rotatable bonds is 6. The highest BCUT2D eigenvalue weighted by atomic mass is 19.3. The summed E-state index contributed by atoms with van der Waals surface area (Å²) in [5.74, 6) is -11.7. The molecular formula is C12H10BF8NO3. The molecule has 0 spiro atoms. The number of anilines is 1. The maximum absolute atomic E-state index is 13.8. The van der Waals surface area contributed by atoms with E-state index in [1.165, 1.54) is 5.32 Å². The highest BCUT2D eigenvalue weighted by molar-refractivity contribution is 6.59. The Bertz CT molecular complexity index is 653. The standard InChI is InChI=1S/C12H10BF8NO3/c1-4(23)22-8-5(11(18,19)9(14)15)2-3-6(13(24)25)7(8)12(20,21)10(16)17/h2-3,9-10,24-25H,1H3,(H,22,23). The van der Waals surface area contributed by atoms with Crippen LogP contribution < -0.4 is 10.8 Å². The van der Waals surface area contributed by atoms with Crippen LogP contribution in [0.2, 0.25) is 0 Å². The Hall–Kier alpha value is -1.89. The molecule has 1 rings (SSSR count). The van der Waals surface area contributed by atoms with E-state index in [-0.39, 0.29) is 12.1 Å². The maximum Gasteiger partial charge on any atom is 0.489 e. The van der Waals surface area contributed by atoms with Crippen LogP contribution in [-0.4, -0.2) is 35.9 Å². The van der Waals surface area contributed by atoms with Crippen LogP contribution in [0.25, 0.3) is 0 Å². The van der Waals surface area contributed by atoms with Crippen LogP contribution in [0, 0.1) is 0 Å². The number of nitrogens with one attached hydrogen (secondary N) is 1. The zero-order chi connectivity index (χ0) is 19.7. The van der Waals surface area contributed by atoms with E-state index in [0.29, 0.717) is 6.92 Å². The molecule has 1 aromatic carbocycles. The third-order valence-corrected chi connectivity index (χ3v) is 3.06. The first-order chi connectivity index (χ1) is 11.2. The van der Waals surface area contributed by atoms with Gasteiger partial charge in [-0.15, -0.1) is 0 Å². The molecule has 0 atom stereocenters. The average Bonchev–Trinajstić information content (AvgIpc) is 2.44. The zero-order valence-electron chi connectivity index (χ0n) is 12.2. The summed E-state index contributed by atoms with van der Waals surface area (Å²) in [6.45, 7) is 0.622. The van der Waals surface area contributed by atoms with Gasteiger partial charge in [0.15, 0.2) is 0 Å². The summed E-state index contributed by atoms with van der Waals surface area (Å²) in [5, 5.41) is 19.5. The molecule has 0 aromatic heterocycles. The van der Waals surface area contributed by atoms with Gasteiger partial charge in [0.1, 0.15) is 0 Å². The monoisotopic (exact) mass is 379 g/mol. The second-order valence-electron chi connectivity index (χ2n) is 4.85. The lowest BCUT2D eigenvalue weighted by atomic mass is 9.73. The largest absolute Gasteiger partial charge is 0.489 e. The number of carbonyl (C=O) groups excluding carboxylic acids is 1. The summed E-state index contributed by atoms with van der Waals surface area (Å²) in [5.41, 5.74) is -7.07. The highest BCUT2D eigenvalue weighted by Crippen LogP contribution is 2.45. The molecule has 1 aromatic rings. The molecule has 0 fully saturated rings. The Labute approximate surface area is 135 Å². The van der Waals surface area contributed by atoms with E-state index in [2.05, 4.69) is 0 Å². The molecule has 25 heavy (non-hydrogen) atoms. The van der Waals surface area contributed by atoms with Gasteiger partial charge in [-0.3, -0.25) is 4.79 Å². The van der Waals surface area contributed by atoms with Crippen molar-refractivity contribution in [3.05, 3.63) is 23.3 Å². The number of hydrogen-bond donors (Lipinski definition) is 3. The number of carbonyl (C=O) groups is 1. The van der Waals surface area contributed by atoms with E-state index in [9.17, 15) is 39.9 Å². The summed E-state index contributed by atoms with van der Waals surface area (Å²) in [7, 11) is -2.83. The van der Waals surface area contributed by atoms with Gasteiger partial charge in [-0.05, 0) is 5.46 Å². The van der Waals surface area contributed by atoms with Gasteiger partial charge in [0.05, 0.1) is 16.8 Å². The van der Waals surface area contributed by atoms with Crippen molar-refractivity contribution >= 4 is 24.2 Å². The maximum atomic E-state index is 13.8. The Kier molecular flexibility index (Phi) is 6.06. The third-order valence-electron chi connectivity index (χ3n) is 3.06. The molecule has 0 aliphatic carbocycles. The van der Waals surface area contributed by atoms with Gasteiger partial charge in [-0.2, -0.15) is 17.6 Å². The molecule has 140 valence electrons. The first kappa shape index (κ1) is 21.2. The topological polar surface area (TPSA) is 69.6 Å². The van der Waals surface area contributed by atoms with E-state index in [1.807, 2.05) is 0 Å². The quantitative estimate of drug-likeness (QED) is 0.524. The molecule has 0 aliphatic rings. The summed E-state index contributed by atoms with van der Waals surface area (Å²) in [4.78, 5) is 11.1. The summed E-state index contributed by atoms with van der Waals surface area (Å²) in [6, 6.07) is 0.268. The van der Waals surface area contributed by atoms with Crippen molar-refractivity contribution in [2.24, 2.45) is 0 Å². The van der Waals surface area contributed by atoms with Crippen molar-refractivity contribution < 1.29 is 50.0 Å². The summed E-state index contributed by atoms with van der Waals surface area (Å²) in [6.07, 6.45) is -8.94. The van der Waals surface area contributed by atoms with Crippen LogP contribution in [0.4, 0.5) is 40.8 Å². The fourth-order valence-electron chi connectivity index (χ4n) is 2.00. The van der Waals surface area contributed by atoms with E-state index in [0.717, 1.165) is 0 Å². The first-order valence-corrected chi connectivity index (χ1v) is 6.38. The second-order valence-corrected chi connectivity index (χ2v) is 4.85. The van der Waals surface area contributed by atoms with E-state index >= 15 is 0 Å². The second kappa shape index (κ2) is 7.16. The lowest BCUT2D eigenvalue weighted by Gasteiger charge is -2.27. The van der Waals surface area contributed by atoms with Gasteiger partial charge in [-0.25, -0.2) is 17.6 Å². The van der Waals surface area contributed by atoms with Crippen molar-refractivity contribution in [1.29, 1.82) is 0 Å². The lowest BCUT2D eigenvalue weighted by Crippen LogP contribution is -2.42. The molecule has 0 unspecified atom stereocenters. The fraction of sp³-hybridized carbons (Fsp3) is 0.417. The van der Waals surface area contributed by atoms with Crippen LogP contribution >= 0.6 is 0 Å². The van der Waals surface area contributed by atoms with Crippen molar-refractivity contribution in [2.45, 2.75) is 31.6 Å². The van der Waals surface area contributed by atoms with Crippen molar-refractivity contribution in [3.63, 3.8) is 0 Å². The molecule has 0 heterocycles. The molecule has 13 heteroatoms. The van der Waals surface area contributed by atoms with Crippen molar-refractivity contribution in [2.75, 3.05) is 5.32 Å². The normalized spacial score (nSPS) is 12.7. The van der Waals surface area contributed by atoms with Crippen LogP contribution in [0.15, 0.2) is 12.1 Å². The van der Waals surface area contributed by atoms with Crippen LogP contribution in [0.5, 0.6) is 0 Å². The Morgan fingerprint density at radius 2 is 1.52 bits per heavy atom. The summed E-state index contributed by atoms with van der Waals surface area (Å²) >= 11 is 0. The first-order valence-electron chi connectivity index (χ1n) is 6.38. The number of benzene rings is 1. The van der Waals surface area contributed by atoms with Gasteiger partial charge in [0.2, 0.25) is 5.91 Å². The molecule has 4 nitrogen and oxygen atoms in total. The zero-order valence-corrected chi connectivity index (χ0v) is 12.2. The minimum Gasteiger partial charge on any atom is -0.423 e. The third kappa shape index (κ3) is 4.03. The molecule has 3 N–H and O–H groups in total. The smallest absolute Gasteiger partial charge is 0.423 e. The summed E-state index contributed by atoms with van der Waals surface area (Å²) < 4.78 is 105. The molecule has 0 radical (unpaired) electrons. The van der Waals surface area contributed by atoms with Gasteiger partial charge >= 0.3 is 31.8 Å². The van der Waals surface area contributed by atoms with Gasteiger partial charge in [0, 0.05) is 6.92 Å². The number of hydrogen-bond acceptors (Lipinski definition) is 3. The van der Waals surface area contributed by atoms with Crippen molar-refractivity contribution in [3.8, 4) is 0 Å².